The summed E-state index contributed by atoms with van der Waals surface area (Å²) in [5, 5.41) is 9.83. The molecule has 0 amide bonds. The second-order valence-corrected chi connectivity index (χ2v) is 4.56. The van der Waals surface area contributed by atoms with Gasteiger partial charge < -0.3 is 9.84 Å². The first-order chi connectivity index (χ1) is 6.64. The van der Waals surface area contributed by atoms with Gasteiger partial charge in [0.25, 0.3) is 0 Å². The molecule has 0 spiro atoms. The topological polar surface area (TPSA) is 42.4 Å². The Balaban J connectivity index is 2.29. The molecule has 0 saturated heterocycles. The molecule has 1 fully saturated rings. The van der Waals surface area contributed by atoms with Crippen molar-refractivity contribution in [2.45, 2.75) is 24.9 Å². The van der Waals surface area contributed by atoms with Gasteiger partial charge in [0.05, 0.1) is 18.9 Å². The molecule has 1 N–H and O–H groups in total. The van der Waals surface area contributed by atoms with Crippen LogP contribution < -0.4 is 4.74 Å². The van der Waals surface area contributed by atoms with E-state index in [9.17, 15) is 5.11 Å². The van der Waals surface area contributed by atoms with E-state index >= 15 is 0 Å². The van der Waals surface area contributed by atoms with Gasteiger partial charge in [-0.25, -0.2) is 0 Å². The van der Waals surface area contributed by atoms with Crippen molar-refractivity contribution >= 4 is 15.9 Å². The van der Waals surface area contributed by atoms with Gasteiger partial charge in [0.1, 0.15) is 5.75 Å². The number of hydrogen-bond acceptors (Lipinski definition) is 3. The van der Waals surface area contributed by atoms with Gasteiger partial charge in [-0.05, 0) is 28.8 Å². The zero-order valence-electron chi connectivity index (χ0n) is 7.96. The number of pyridine rings is 1. The smallest absolute Gasteiger partial charge is 0.141 e. The standard InChI is InChI=1S/C10H12BrNO2/c1-14-9-6-12-5-8(11)7(9)4-10(13)2-3-10/h5-6,13H,2-4H2,1H3. The van der Waals surface area contributed by atoms with Crippen LogP contribution in [0.15, 0.2) is 16.9 Å². The van der Waals surface area contributed by atoms with Crippen LogP contribution in [0.1, 0.15) is 18.4 Å². The summed E-state index contributed by atoms with van der Waals surface area (Å²) < 4.78 is 6.10. The Bertz CT molecular complexity index is 350. The lowest BCUT2D eigenvalue weighted by Gasteiger charge is -2.12. The summed E-state index contributed by atoms with van der Waals surface area (Å²) >= 11 is 3.41. The Kier molecular flexibility index (Phi) is 2.49. The van der Waals surface area contributed by atoms with E-state index < -0.39 is 5.60 Å². The van der Waals surface area contributed by atoms with E-state index in [1.807, 2.05) is 0 Å². The van der Waals surface area contributed by atoms with E-state index in [0.29, 0.717) is 6.42 Å². The highest BCUT2D eigenvalue weighted by Gasteiger charge is 2.41. The van der Waals surface area contributed by atoms with Crippen LogP contribution in [0.25, 0.3) is 0 Å². The summed E-state index contributed by atoms with van der Waals surface area (Å²) in [6.45, 7) is 0. The number of methoxy groups -OCH3 is 1. The van der Waals surface area contributed by atoms with Crippen LogP contribution in [0.5, 0.6) is 5.75 Å². The largest absolute Gasteiger partial charge is 0.495 e. The number of rotatable bonds is 3. The maximum atomic E-state index is 9.83. The van der Waals surface area contributed by atoms with Crippen molar-refractivity contribution in [2.24, 2.45) is 0 Å². The zero-order valence-corrected chi connectivity index (χ0v) is 9.54. The second kappa shape index (κ2) is 3.51. The zero-order chi connectivity index (χ0) is 10.2. The normalized spacial score (nSPS) is 17.9. The lowest BCUT2D eigenvalue weighted by molar-refractivity contribution is 0.149. The Morgan fingerprint density at radius 1 is 1.57 bits per heavy atom. The van der Waals surface area contributed by atoms with Crippen molar-refractivity contribution in [3.05, 3.63) is 22.4 Å². The maximum Gasteiger partial charge on any atom is 0.141 e. The molecule has 3 nitrogen and oxygen atoms in total. The van der Waals surface area contributed by atoms with Crippen LogP contribution >= 0.6 is 15.9 Å². The molecule has 1 aromatic rings. The molecule has 76 valence electrons. The van der Waals surface area contributed by atoms with Gasteiger partial charge in [-0.3, -0.25) is 4.98 Å². The van der Waals surface area contributed by atoms with E-state index in [4.69, 9.17) is 4.74 Å². The van der Waals surface area contributed by atoms with Crippen molar-refractivity contribution < 1.29 is 9.84 Å². The van der Waals surface area contributed by atoms with E-state index in [-0.39, 0.29) is 0 Å². The van der Waals surface area contributed by atoms with Crippen LogP contribution in [0.3, 0.4) is 0 Å². The predicted octanol–water partition coefficient (Wildman–Crippen LogP) is 1.92. The second-order valence-electron chi connectivity index (χ2n) is 3.70. The molecule has 4 heteroatoms. The van der Waals surface area contributed by atoms with E-state index in [1.54, 1.807) is 19.5 Å². The number of ether oxygens (including phenoxy) is 1. The Labute approximate surface area is 91.2 Å². The summed E-state index contributed by atoms with van der Waals surface area (Å²) in [5.74, 6) is 0.736. The molecule has 1 aliphatic carbocycles. The number of hydrogen-bond donors (Lipinski definition) is 1. The van der Waals surface area contributed by atoms with Crippen LogP contribution in [-0.4, -0.2) is 22.8 Å². The molecule has 1 saturated carbocycles. The van der Waals surface area contributed by atoms with E-state index in [2.05, 4.69) is 20.9 Å². The van der Waals surface area contributed by atoms with Crippen LogP contribution in [-0.2, 0) is 6.42 Å². The quantitative estimate of drug-likeness (QED) is 0.900. The third kappa shape index (κ3) is 1.91. The Hall–Kier alpha value is -0.610. The molecule has 1 aliphatic rings. The van der Waals surface area contributed by atoms with Gasteiger partial charge >= 0.3 is 0 Å². The minimum atomic E-state index is -0.503. The van der Waals surface area contributed by atoms with Gasteiger partial charge in [0.2, 0.25) is 0 Å². The first kappa shape index (κ1) is 9.93. The fourth-order valence-corrected chi connectivity index (χ4v) is 1.90. The summed E-state index contributed by atoms with van der Waals surface area (Å²) in [6, 6.07) is 0. The molecular formula is C10H12BrNO2. The summed E-state index contributed by atoms with van der Waals surface area (Å²) in [4.78, 5) is 4.01. The molecule has 0 aromatic carbocycles. The average molecular weight is 258 g/mol. The van der Waals surface area contributed by atoms with Crippen molar-refractivity contribution in [3.63, 3.8) is 0 Å². The van der Waals surface area contributed by atoms with Gasteiger partial charge in [0.15, 0.2) is 0 Å². The molecule has 1 heterocycles. The molecule has 1 aromatic heterocycles. The van der Waals surface area contributed by atoms with Gasteiger partial charge in [-0.1, -0.05) is 0 Å². The maximum absolute atomic E-state index is 9.83. The summed E-state index contributed by atoms with van der Waals surface area (Å²) in [7, 11) is 1.61. The van der Waals surface area contributed by atoms with Crippen molar-refractivity contribution in [1.29, 1.82) is 0 Å². The van der Waals surface area contributed by atoms with Gasteiger partial charge in [-0.2, -0.15) is 0 Å². The summed E-state index contributed by atoms with van der Waals surface area (Å²) in [6.07, 6.45) is 5.80. The third-order valence-corrected chi connectivity index (χ3v) is 3.20. The van der Waals surface area contributed by atoms with Crippen molar-refractivity contribution in [1.82, 2.24) is 4.98 Å². The molecule has 0 aliphatic heterocycles. The molecular weight excluding hydrogens is 246 g/mol. The SMILES string of the molecule is COc1cncc(Br)c1CC1(O)CC1. The van der Waals surface area contributed by atoms with Crippen LogP contribution in [0.4, 0.5) is 0 Å². The first-order valence-electron chi connectivity index (χ1n) is 4.53. The Morgan fingerprint density at radius 3 is 2.86 bits per heavy atom. The average Bonchev–Trinajstić information content (AvgIpc) is 2.88. The molecule has 2 rings (SSSR count). The fraction of sp³-hybridized carbons (Fsp3) is 0.500. The first-order valence-corrected chi connectivity index (χ1v) is 5.33. The van der Waals surface area contributed by atoms with Crippen LogP contribution in [0, 0.1) is 0 Å². The van der Waals surface area contributed by atoms with Gasteiger partial charge in [0, 0.05) is 22.7 Å². The molecule has 0 bridgehead atoms. The van der Waals surface area contributed by atoms with Crippen molar-refractivity contribution in [3.8, 4) is 5.75 Å². The van der Waals surface area contributed by atoms with E-state index in [1.165, 1.54) is 0 Å². The summed E-state index contributed by atoms with van der Waals surface area (Å²) in [5.41, 5.74) is 0.499. The number of nitrogens with zero attached hydrogens (tertiary/aromatic N) is 1. The van der Waals surface area contributed by atoms with Gasteiger partial charge in [-0.15, -0.1) is 0 Å². The minimum absolute atomic E-state index is 0.503. The Morgan fingerprint density at radius 2 is 2.29 bits per heavy atom. The predicted molar refractivity (Wildman–Crippen MR) is 56.4 cm³/mol. The monoisotopic (exact) mass is 257 g/mol. The molecule has 14 heavy (non-hydrogen) atoms. The highest BCUT2D eigenvalue weighted by atomic mass is 79.9. The number of aromatic nitrogens is 1. The highest BCUT2D eigenvalue weighted by molar-refractivity contribution is 9.10. The number of aliphatic hydroxyl groups is 1. The third-order valence-electron chi connectivity index (χ3n) is 2.52. The highest BCUT2D eigenvalue weighted by Crippen LogP contribution is 2.41. The van der Waals surface area contributed by atoms with E-state index in [0.717, 1.165) is 28.6 Å². The lowest BCUT2D eigenvalue weighted by Crippen LogP contribution is -2.12. The molecule has 0 unspecified atom stereocenters. The molecule has 0 radical (unpaired) electrons. The van der Waals surface area contributed by atoms with Crippen LogP contribution in [0.2, 0.25) is 0 Å². The fourth-order valence-electron chi connectivity index (χ4n) is 1.44. The number of halogens is 1. The van der Waals surface area contributed by atoms with Crippen molar-refractivity contribution in [2.75, 3.05) is 7.11 Å². The molecule has 0 atom stereocenters. The minimum Gasteiger partial charge on any atom is -0.495 e. The lowest BCUT2D eigenvalue weighted by atomic mass is 10.1.